The van der Waals surface area contributed by atoms with Crippen molar-refractivity contribution >= 4 is 17.6 Å². The fourth-order valence-corrected chi connectivity index (χ4v) is 4.61. The Morgan fingerprint density at radius 3 is 2.39 bits per heavy atom. The van der Waals surface area contributed by atoms with E-state index in [9.17, 15) is 22.8 Å². The molecule has 0 spiro atoms. The van der Waals surface area contributed by atoms with E-state index in [0.29, 0.717) is 56.8 Å². The van der Waals surface area contributed by atoms with Crippen molar-refractivity contribution < 1.29 is 22.8 Å². The van der Waals surface area contributed by atoms with Crippen LogP contribution < -0.4 is 0 Å². The van der Waals surface area contributed by atoms with E-state index in [2.05, 4.69) is 4.99 Å². The molecule has 4 rings (SSSR count). The second kappa shape index (κ2) is 8.01. The molecule has 3 aliphatic heterocycles. The normalized spacial score (nSPS) is 19.6. The van der Waals surface area contributed by atoms with Crippen LogP contribution >= 0.6 is 0 Å². The van der Waals surface area contributed by atoms with Gasteiger partial charge in [-0.15, -0.1) is 0 Å². The molecule has 0 N–H and O–H groups in total. The zero-order valence-corrected chi connectivity index (χ0v) is 17.6. The molecule has 6 nitrogen and oxygen atoms in total. The van der Waals surface area contributed by atoms with Crippen molar-refractivity contribution in [1.82, 2.24) is 14.7 Å². The van der Waals surface area contributed by atoms with Crippen molar-refractivity contribution in [3.63, 3.8) is 0 Å². The van der Waals surface area contributed by atoms with Gasteiger partial charge in [-0.3, -0.25) is 9.79 Å². The third-order valence-electron chi connectivity index (χ3n) is 6.22. The zero-order valence-electron chi connectivity index (χ0n) is 17.6. The van der Waals surface area contributed by atoms with Crippen LogP contribution in [0.3, 0.4) is 0 Å². The molecule has 0 saturated carbocycles. The number of benzene rings is 1. The van der Waals surface area contributed by atoms with Crippen molar-refractivity contribution in [2.45, 2.75) is 24.9 Å². The van der Waals surface area contributed by atoms with Gasteiger partial charge in [0, 0.05) is 39.3 Å². The molecule has 0 atom stereocenters. The third-order valence-corrected chi connectivity index (χ3v) is 6.22. The van der Waals surface area contributed by atoms with E-state index in [-0.39, 0.29) is 17.9 Å². The summed E-state index contributed by atoms with van der Waals surface area (Å²) in [5.41, 5.74) is 1.93. The van der Waals surface area contributed by atoms with Crippen LogP contribution in [0.2, 0.25) is 0 Å². The average Bonchev–Trinajstić information content (AvgIpc) is 3.33. The van der Waals surface area contributed by atoms with Gasteiger partial charge in [-0.05, 0) is 36.0 Å². The number of aliphatic imine (C=N–C) groups is 1. The molecule has 0 radical (unpaired) electrons. The molecule has 1 fully saturated rings. The van der Waals surface area contributed by atoms with Crippen molar-refractivity contribution in [3.8, 4) is 0 Å². The number of hydrogen-bond donors (Lipinski definition) is 0. The molecule has 1 aromatic rings. The summed E-state index contributed by atoms with van der Waals surface area (Å²) in [7, 11) is 3.38. The van der Waals surface area contributed by atoms with E-state index in [4.69, 9.17) is 0 Å². The van der Waals surface area contributed by atoms with Crippen LogP contribution in [0, 0.1) is 0 Å². The first-order valence-corrected chi connectivity index (χ1v) is 10.3. The largest absolute Gasteiger partial charge is 0.416 e. The molecule has 1 saturated heterocycles. The summed E-state index contributed by atoms with van der Waals surface area (Å²) in [6.45, 7) is 2.04. The van der Waals surface area contributed by atoms with Gasteiger partial charge in [0.25, 0.3) is 5.91 Å². The summed E-state index contributed by atoms with van der Waals surface area (Å²) in [6, 6.07) is 5.59. The van der Waals surface area contributed by atoms with E-state index in [1.54, 1.807) is 30.0 Å². The maximum absolute atomic E-state index is 13.4. The van der Waals surface area contributed by atoms with Gasteiger partial charge in [0.2, 0.25) is 0 Å². The summed E-state index contributed by atoms with van der Waals surface area (Å²) in [6.07, 6.45) is -3.43. The van der Waals surface area contributed by atoms with Crippen LogP contribution in [0.5, 0.6) is 0 Å². The molecular weight excluding hydrogens is 409 g/mol. The van der Waals surface area contributed by atoms with E-state index in [1.807, 2.05) is 0 Å². The fraction of sp³-hybridized carbons (Fsp3) is 0.500. The van der Waals surface area contributed by atoms with Crippen molar-refractivity contribution in [2.24, 2.45) is 4.99 Å². The maximum Gasteiger partial charge on any atom is 0.416 e. The highest BCUT2D eigenvalue weighted by Gasteiger charge is 2.39. The summed E-state index contributed by atoms with van der Waals surface area (Å²) in [5, 5.41) is 0. The number of alkyl halides is 3. The molecule has 1 aromatic carbocycles. The highest BCUT2D eigenvalue weighted by atomic mass is 19.4. The van der Waals surface area contributed by atoms with Gasteiger partial charge in [-0.25, -0.2) is 4.79 Å². The van der Waals surface area contributed by atoms with Gasteiger partial charge in [-0.2, -0.15) is 13.2 Å². The Morgan fingerprint density at radius 1 is 1.06 bits per heavy atom. The molecule has 9 heteroatoms. The molecule has 0 aromatic heterocycles. The fourth-order valence-electron chi connectivity index (χ4n) is 4.61. The molecule has 0 unspecified atom stereocenters. The molecule has 31 heavy (non-hydrogen) atoms. The predicted molar refractivity (Wildman–Crippen MR) is 110 cm³/mol. The number of carbonyl (C=O) groups excluding carboxylic acids is 2. The van der Waals surface area contributed by atoms with E-state index < -0.39 is 11.7 Å². The van der Waals surface area contributed by atoms with Crippen molar-refractivity contribution in [3.05, 3.63) is 46.5 Å². The van der Waals surface area contributed by atoms with Crippen LogP contribution in [-0.4, -0.2) is 79.2 Å². The monoisotopic (exact) mass is 434 g/mol. The minimum absolute atomic E-state index is 0.106. The molecular formula is C22H25F3N4O2. The number of rotatable bonds is 2. The van der Waals surface area contributed by atoms with Gasteiger partial charge in [-0.1, -0.05) is 18.2 Å². The number of hydrogen-bond acceptors (Lipinski definition) is 3. The third kappa shape index (κ3) is 4.05. The Bertz CT molecular complexity index is 960. The first-order chi connectivity index (χ1) is 14.7. The lowest BCUT2D eigenvalue weighted by Crippen LogP contribution is -2.43. The molecule has 0 bridgehead atoms. The molecule has 3 heterocycles. The average molecular weight is 434 g/mol. The van der Waals surface area contributed by atoms with Crippen LogP contribution in [0.4, 0.5) is 18.0 Å². The second-order valence-corrected chi connectivity index (χ2v) is 8.43. The van der Waals surface area contributed by atoms with E-state index in [0.717, 1.165) is 17.2 Å². The summed E-state index contributed by atoms with van der Waals surface area (Å²) in [5.74, 6) is -0.423. The van der Waals surface area contributed by atoms with Crippen LogP contribution in [0.1, 0.15) is 29.9 Å². The standard InChI is InChI=1S/C22H25F3N4O2/c1-27(2)21(31)29-12-15-11-26-19(17(15)13-29)20(30)28-9-7-14(8-10-28)16-5-3-4-6-18(16)22(23,24)25/h3-6,14H,7-13H2,1-2H3. The number of likely N-dealkylation sites (tertiary alicyclic amines) is 1. The number of carbonyl (C=O) groups is 2. The highest BCUT2D eigenvalue weighted by molar-refractivity contribution is 6.46. The highest BCUT2D eigenvalue weighted by Crippen LogP contribution is 2.39. The zero-order chi connectivity index (χ0) is 22.3. The molecule has 3 amide bonds. The van der Waals surface area contributed by atoms with Gasteiger partial charge >= 0.3 is 12.2 Å². The summed E-state index contributed by atoms with van der Waals surface area (Å²) in [4.78, 5) is 34.6. The number of amides is 3. The number of piperidine rings is 1. The number of nitrogens with zero attached hydrogens (tertiary/aromatic N) is 4. The predicted octanol–water partition coefficient (Wildman–Crippen LogP) is 3.16. The first kappa shape index (κ1) is 21.4. The smallest absolute Gasteiger partial charge is 0.337 e. The number of halogens is 3. The van der Waals surface area contributed by atoms with Gasteiger partial charge in [0.05, 0.1) is 18.7 Å². The van der Waals surface area contributed by atoms with Crippen molar-refractivity contribution in [2.75, 3.05) is 46.8 Å². The SMILES string of the molecule is CN(C)C(=O)N1CC2=C(C1)C(C(=O)N1CCC(c3ccccc3C(F)(F)F)CC1)=NC2. The molecule has 3 aliphatic rings. The van der Waals surface area contributed by atoms with E-state index in [1.165, 1.54) is 17.0 Å². The van der Waals surface area contributed by atoms with Gasteiger partial charge < -0.3 is 14.7 Å². The van der Waals surface area contributed by atoms with Crippen LogP contribution in [0.25, 0.3) is 0 Å². The Morgan fingerprint density at radius 2 is 1.74 bits per heavy atom. The summed E-state index contributed by atoms with van der Waals surface area (Å²) >= 11 is 0. The van der Waals surface area contributed by atoms with Crippen LogP contribution in [-0.2, 0) is 11.0 Å². The Kier molecular flexibility index (Phi) is 5.53. The lowest BCUT2D eigenvalue weighted by atomic mass is 9.86. The Labute approximate surface area is 179 Å². The minimum atomic E-state index is -4.39. The van der Waals surface area contributed by atoms with Gasteiger partial charge in [0.1, 0.15) is 5.71 Å². The Balaban J connectivity index is 1.41. The van der Waals surface area contributed by atoms with Crippen molar-refractivity contribution in [1.29, 1.82) is 0 Å². The molecule has 0 aliphatic carbocycles. The molecule has 166 valence electrons. The minimum Gasteiger partial charge on any atom is -0.337 e. The number of urea groups is 1. The second-order valence-electron chi connectivity index (χ2n) is 8.43. The topological polar surface area (TPSA) is 56.2 Å². The maximum atomic E-state index is 13.4. The lowest BCUT2D eigenvalue weighted by Gasteiger charge is -2.33. The quantitative estimate of drug-likeness (QED) is 0.718. The Hall–Kier alpha value is -2.84. The van der Waals surface area contributed by atoms with Gasteiger partial charge in [0.15, 0.2) is 0 Å². The van der Waals surface area contributed by atoms with E-state index >= 15 is 0 Å². The van der Waals surface area contributed by atoms with Crippen LogP contribution in [0.15, 0.2) is 40.4 Å². The lowest BCUT2D eigenvalue weighted by molar-refractivity contribution is -0.138. The summed E-state index contributed by atoms with van der Waals surface area (Å²) < 4.78 is 40.1. The first-order valence-electron chi connectivity index (χ1n) is 10.3.